The summed E-state index contributed by atoms with van der Waals surface area (Å²) >= 11 is 0. The van der Waals surface area contributed by atoms with Gasteiger partial charge in [0, 0.05) is 31.4 Å². The van der Waals surface area contributed by atoms with Gasteiger partial charge in [-0.05, 0) is 49.9 Å². The molecule has 1 aliphatic rings. The van der Waals surface area contributed by atoms with Crippen LogP contribution in [0.15, 0.2) is 48.5 Å². The fraction of sp³-hybridized carbons (Fsp3) is 0.464. The Kier molecular flexibility index (Phi) is 9.70. The molecule has 7 nitrogen and oxygen atoms in total. The van der Waals surface area contributed by atoms with E-state index in [1.807, 2.05) is 49.4 Å². The molecular weight excluding hydrogens is 440 g/mol. The zero-order valence-electron chi connectivity index (χ0n) is 21.1. The minimum atomic E-state index is -0.645. The van der Waals surface area contributed by atoms with Crippen molar-refractivity contribution in [3.8, 4) is 0 Å². The fourth-order valence-corrected chi connectivity index (χ4v) is 4.40. The van der Waals surface area contributed by atoms with E-state index in [1.165, 1.54) is 19.8 Å². The van der Waals surface area contributed by atoms with Crippen molar-refractivity contribution in [2.24, 2.45) is 0 Å². The van der Waals surface area contributed by atoms with Gasteiger partial charge in [-0.3, -0.25) is 14.4 Å². The van der Waals surface area contributed by atoms with Gasteiger partial charge in [0.15, 0.2) is 0 Å². The standard InChI is InChI=1S/C28H38N4O3/c1-4-5-11-25(28(35)30-23-9-8-10-24(18-23)32-16-6-7-17-32)31-27(34)19-26(29-21(3)33)22-14-12-20(2)13-15-22/h8-10,12-15,18,25-26H,4-7,11,16-17,19H2,1-3H3,(H,29,33)(H,30,35)(H,31,34). The Labute approximate surface area is 208 Å². The summed E-state index contributed by atoms with van der Waals surface area (Å²) < 4.78 is 0. The molecular formula is C28H38N4O3. The highest BCUT2D eigenvalue weighted by Crippen LogP contribution is 2.24. The third kappa shape index (κ3) is 8.12. The highest BCUT2D eigenvalue weighted by Gasteiger charge is 2.24. The first-order chi connectivity index (χ1) is 16.9. The number of aryl methyl sites for hydroxylation is 1. The molecule has 3 rings (SSSR count). The summed E-state index contributed by atoms with van der Waals surface area (Å²) in [5, 5.41) is 8.77. The van der Waals surface area contributed by atoms with Crippen molar-refractivity contribution in [2.45, 2.75) is 71.4 Å². The second-order valence-corrected chi connectivity index (χ2v) is 9.36. The van der Waals surface area contributed by atoms with Crippen LogP contribution in [0.4, 0.5) is 11.4 Å². The molecule has 7 heteroatoms. The van der Waals surface area contributed by atoms with Crippen LogP contribution in [-0.2, 0) is 14.4 Å². The van der Waals surface area contributed by atoms with E-state index in [9.17, 15) is 14.4 Å². The van der Waals surface area contributed by atoms with E-state index in [0.29, 0.717) is 6.42 Å². The van der Waals surface area contributed by atoms with Crippen LogP contribution >= 0.6 is 0 Å². The van der Waals surface area contributed by atoms with Gasteiger partial charge in [-0.25, -0.2) is 0 Å². The van der Waals surface area contributed by atoms with E-state index in [-0.39, 0.29) is 24.1 Å². The largest absolute Gasteiger partial charge is 0.371 e. The van der Waals surface area contributed by atoms with Crippen molar-refractivity contribution in [2.75, 3.05) is 23.3 Å². The SMILES string of the molecule is CCCCC(NC(=O)CC(NC(C)=O)c1ccc(C)cc1)C(=O)Nc1cccc(N2CCCC2)c1. The molecule has 1 aliphatic heterocycles. The van der Waals surface area contributed by atoms with Gasteiger partial charge in [0.1, 0.15) is 6.04 Å². The maximum absolute atomic E-state index is 13.1. The van der Waals surface area contributed by atoms with Crippen LogP contribution < -0.4 is 20.9 Å². The van der Waals surface area contributed by atoms with E-state index in [0.717, 1.165) is 48.4 Å². The lowest BCUT2D eigenvalue weighted by atomic mass is 10.0. The van der Waals surface area contributed by atoms with Gasteiger partial charge in [0.2, 0.25) is 17.7 Å². The van der Waals surface area contributed by atoms with Gasteiger partial charge in [-0.15, -0.1) is 0 Å². The minimum absolute atomic E-state index is 0.0585. The first-order valence-corrected chi connectivity index (χ1v) is 12.6. The molecule has 2 unspecified atom stereocenters. The number of carbonyl (C=O) groups excluding carboxylic acids is 3. The van der Waals surface area contributed by atoms with Gasteiger partial charge in [-0.1, -0.05) is 55.7 Å². The first-order valence-electron chi connectivity index (χ1n) is 12.6. The third-order valence-corrected chi connectivity index (χ3v) is 6.33. The predicted octanol–water partition coefficient (Wildman–Crippen LogP) is 4.48. The van der Waals surface area contributed by atoms with Gasteiger partial charge in [0.05, 0.1) is 12.5 Å². The summed E-state index contributed by atoms with van der Waals surface area (Å²) in [7, 11) is 0. The number of nitrogens with one attached hydrogen (secondary N) is 3. The summed E-state index contributed by atoms with van der Waals surface area (Å²) in [4.78, 5) is 40.2. The van der Waals surface area contributed by atoms with Crippen molar-refractivity contribution in [3.63, 3.8) is 0 Å². The topological polar surface area (TPSA) is 90.5 Å². The molecule has 0 bridgehead atoms. The maximum Gasteiger partial charge on any atom is 0.246 e. The van der Waals surface area contributed by atoms with Crippen LogP contribution in [0.3, 0.4) is 0 Å². The molecule has 35 heavy (non-hydrogen) atoms. The zero-order chi connectivity index (χ0) is 25.2. The van der Waals surface area contributed by atoms with Gasteiger partial charge in [-0.2, -0.15) is 0 Å². The highest BCUT2D eigenvalue weighted by atomic mass is 16.2. The smallest absolute Gasteiger partial charge is 0.246 e. The van der Waals surface area contributed by atoms with Crippen LogP contribution in [-0.4, -0.2) is 36.9 Å². The van der Waals surface area contributed by atoms with E-state index in [4.69, 9.17) is 0 Å². The summed E-state index contributed by atoms with van der Waals surface area (Å²) in [6.07, 6.45) is 4.72. The summed E-state index contributed by atoms with van der Waals surface area (Å²) in [5.41, 5.74) is 3.79. The van der Waals surface area contributed by atoms with Gasteiger partial charge < -0.3 is 20.9 Å². The number of anilines is 2. The number of rotatable bonds is 11. The van der Waals surface area contributed by atoms with Crippen LogP contribution in [0.2, 0.25) is 0 Å². The average Bonchev–Trinajstić information content (AvgIpc) is 3.37. The minimum Gasteiger partial charge on any atom is -0.371 e. The second-order valence-electron chi connectivity index (χ2n) is 9.36. The number of amides is 3. The molecule has 0 aliphatic carbocycles. The van der Waals surface area contributed by atoms with Crippen LogP contribution in [0.25, 0.3) is 0 Å². The third-order valence-electron chi connectivity index (χ3n) is 6.33. The van der Waals surface area contributed by atoms with Gasteiger partial charge in [0.25, 0.3) is 0 Å². The number of benzene rings is 2. The molecule has 2 aromatic carbocycles. The number of nitrogens with zero attached hydrogens (tertiary/aromatic N) is 1. The molecule has 2 atom stereocenters. The lowest BCUT2D eigenvalue weighted by Gasteiger charge is -2.22. The highest BCUT2D eigenvalue weighted by molar-refractivity contribution is 5.97. The number of hydrogen-bond donors (Lipinski definition) is 3. The molecule has 1 heterocycles. The summed E-state index contributed by atoms with van der Waals surface area (Å²) in [6.45, 7) is 7.54. The Balaban J connectivity index is 1.67. The summed E-state index contributed by atoms with van der Waals surface area (Å²) in [6, 6.07) is 14.5. The fourth-order valence-electron chi connectivity index (χ4n) is 4.40. The molecule has 3 amide bonds. The van der Waals surface area contributed by atoms with Crippen LogP contribution in [0.1, 0.15) is 69.5 Å². The van der Waals surface area contributed by atoms with Crippen molar-refractivity contribution in [1.82, 2.24) is 10.6 Å². The Bertz CT molecular complexity index is 1000. The lowest BCUT2D eigenvalue weighted by molar-refractivity contribution is -0.127. The zero-order valence-corrected chi connectivity index (χ0v) is 21.1. The number of unbranched alkanes of at least 4 members (excludes halogenated alkanes) is 1. The van der Waals surface area contributed by atoms with Crippen LogP contribution in [0.5, 0.6) is 0 Å². The quantitative estimate of drug-likeness (QED) is 0.444. The maximum atomic E-state index is 13.1. The van der Waals surface area contributed by atoms with Crippen molar-refractivity contribution in [1.29, 1.82) is 0 Å². The molecule has 0 aromatic heterocycles. The first kappa shape index (κ1) is 26.3. The molecule has 0 saturated carbocycles. The Hall–Kier alpha value is -3.35. The van der Waals surface area contributed by atoms with Crippen molar-refractivity contribution >= 4 is 29.1 Å². The van der Waals surface area contributed by atoms with E-state index < -0.39 is 12.1 Å². The van der Waals surface area contributed by atoms with E-state index in [2.05, 4.69) is 33.8 Å². The predicted molar refractivity (Wildman–Crippen MR) is 140 cm³/mol. The Morgan fingerprint density at radius 2 is 1.71 bits per heavy atom. The molecule has 2 aromatic rings. The monoisotopic (exact) mass is 478 g/mol. The lowest BCUT2D eigenvalue weighted by Crippen LogP contribution is -2.45. The van der Waals surface area contributed by atoms with Crippen molar-refractivity contribution < 1.29 is 14.4 Å². The molecule has 0 spiro atoms. The summed E-state index contributed by atoms with van der Waals surface area (Å²) in [5.74, 6) is -0.704. The molecule has 188 valence electrons. The molecule has 1 fully saturated rings. The van der Waals surface area contributed by atoms with E-state index >= 15 is 0 Å². The molecule has 0 radical (unpaired) electrons. The molecule has 1 saturated heterocycles. The number of carbonyl (C=O) groups is 3. The van der Waals surface area contributed by atoms with Crippen LogP contribution in [0, 0.1) is 6.92 Å². The second kappa shape index (κ2) is 12.9. The van der Waals surface area contributed by atoms with E-state index in [1.54, 1.807) is 0 Å². The average molecular weight is 479 g/mol. The molecule has 3 N–H and O–H groups in total. The Morgan fingerprint density at radius 1 is 1.00 bits per heavy atom. The van der Waals surface area contributed by atoms with Gasteiger partial charge >= 0.3 is 0 Å². The Morgan fingerprint density at radius 3 is 2.37 bits per heavy atom. The normalized spacial score (nSPS) is 14.8. The van der Waals surface area contributed by atoms with Crippen molar-refractivity contribution in [3.05, 3.63) is 59.7 Å². The number of hydrogen-bond acceptors (Lipinski definition) is 4.